The number of anilines is 2. The number of aromatic nitrogens is 1. The quantitative estimate of drug-likeness (QED) is 0.172. The first-order valence-corrected chi connectivity index (χ1v) is 10.9. The van der Waals surface area contributed by atoms with Crippen LogP contribution in [0.15, 0.2) is 60.9 Å². The summed E-state index contributed by atoms with van der Waals surface area (Å²) in [6.45, 7) is 1.90. The van der Waals surface area contributed by atoms with Gasteiger partial charge >= 0.3 is 12.1 Å². The van der Waals surface area contributed by atoms with Gasteiger partial charge in [-0.1, -0.05) is 23.7 Å². The molecule has 12 heteroatoms. The molecule has 2 aromatic carbocycles. The van der Waals surface area contributed by atoms with Crippen LogP contribution in [0, 0.1) is 5.82 Å². The van der Waals surface area contributed by atoms with Crippen LogP contribution >= 0.6 is 11.6 Å². The number of ether oxygens (including phenoxy) is 2. The lowest BCUT2D eigenvalue weighted by atomic mass is 10.1. The minimum absolute atomic E-state index is 0.0243. The number of carbonyl (C=O) groups excluding carboxylic acids is 2. The largest absolute Gasteiger partial charge is 0.492 e. The summed E-state index contributed by atoms with van der Waals surface area (Å²) >= 11 is 6.11. The van der Waals surface area contributed by atoms with Crippen molar-refractivity contribution < 1.29 is 36.6 Å². The van der Waals surface area contributed by atoms with Gasteiger partial charge < -0.3 is 19.7 Å². The van der Waals surface area contributed by atoms with Crippen molar-refractivity contribution in [3.8, 4) is 11.5 Å². The van der Waals surface area contributed by atoms with Crippen molar-refractivity contribution in [3.05, 3.63) is 77.3 Å². The Labute approximate surface area is 208 Å². The Balaban J connectivity index is 1.91. The lowest BCUT2D eigenvalue weighted by Crippen LogP contribution is -2.33. The molecule has 3 aromatic rings. The number of amides is 1. The maximum absolute atomic E-state index is 14.4. The van der Waals surface area contributed by atoms with E-state index in [0.29, 0.717) is 6.54 Å². The third-order valence-electron chi connectivity index (χ3n) is 4.76. The predicted octanol–water partition coefficient (Wildman–Crippen LogP) is 5.50. The average Bonchev–Trinajstić information content (AvgIpc) is 2.84. The molecule has 0 aliphatic heterocycles. The second kappa shape index (κ2) is 11.7. The van der Waals surface area contributed by atoms with Crippen LogP contribution in [0.5, 0.6) is 11.5 Å². The smallest absolute Gasteiger partial charge is 0.491 e. The van der Waals surface area contributed by atoms with E-state index in [1.807, 2.05) is 0 Å². The average molecular weight is 526 g/mol. The third-order valence-corrected chi connectivity index (χ3v) is 5.04. The molecule has 0 bridgehead atoms. The molecule has 0 aliphatic rings. The van der Waals surface area contributed by atoms with Crippen molar-refractivity contribution in [2.45, 2.75) is 13.1 Å². The Morgan fingerprint density at radius 2 is 1.81 bits per heavy atom. The van der Waals surface area contributed by atoms with E-state index >= 15 is 0 Å². The monoisotopic (exact) mass is 525 g/mol. The lowest BCUT2D eigenvalue weighted by Gasteiger charge is -2.23. The number of halogens is 5. The molecular weight excluding hydrogens is 506 g/mol. The predicted molar refractivity (Wildman–Crippen MR) is 125 cm³/mol. The van der Waals surface area contributed by atoms with Crippen LogP contribution in [-0.4, -0.2) is 42.7 Å². The normalized spacial score (nSPS) is 11.1. The Morgan fingerprint density at radius 3 is 2.44 bits per heavy atom. The number of nitrogens with zero attached hydrogens (tertiary/aromatic N) is 2. The molecule has 0 radical (unpaired) electrons. The third kappa shape index (κ3) is 6.63. The molecule has 1 N–H and O–H groups in total. The standard InChI is InChI=1S/C24H20ClF4N3O4/c1-2-32(20-6-4-3-5-19(20)26)22(33)17-13-16(35-12-11-31-15-7-9-30-10-8-15)14-18(25)21(17)36-23(34)24(27,28)29/h3-10,13-14H,2,11-12H2,1H3,(H,30,31). The van der Waals surface area contributed by atoms with Gasteiger partial charge in [0.1, 0.15) is 18.2 Å². The second-order valence-electron chi connectivity index (χ2n) is 7.18. The maximum atomic E-state index is 14.4. The summed E-state index contributed by atoms with van der Waals surface area (Å²) in [6, 6.07) is 11.0. The number of nitrogens with one attached hydrogen (secondary N) is 1. The topological polar surface area (TPSA) is 80.8 Å². The second-order valence-corrected chi connectivity index (χ2v) is 7.59. The molecule has 0 saturated heterocycles. The number of hydrogen-bond donors (Lipinski definition) is 1. The number of benzene rings is 2. The Morgan fingerprint density at radius 1 is 1.11 bits per heavy atom. The SMILES string of the molecule is CCN(C(=O)c1cc(OCCNc2ccncc2)cc(Cl)c1OC(=O)C(F)(F)F)c1ccccc1F. The molecule has 0 atom stereocenters. The van der Waals surface area contributed by atoms with E-state index < -0.39 is 40.2 Å². The molecule has 1 amide bonds. The zero-order valence-electron chi connectivity index (χ0n) is 18.8. The van der Waals surface area contributed by atoms with E-state index in [9.17, 15) is 27.2 Å². The number of pyridine rings is 1. The highest BCUT2D eigenvalue weighted by Gasteiger charge is 2.42. The highest BCUT2D eigenvalue weighted by Crippen LogP contribution is 2.37. The summed E-state index contributed by atoms with van der Waals surface area (Å²) in [6.07, 6.45) is -2.15. The van der Waals surface area contributed by atoms with Gasteiger partial charge in [-0.3, -0.25) is 9.78 Å². The molecular formula is C24H20ClF4N3O4. The molecule has 3 rings (SSSR count). The Hall–Kier alpha value is -3.86. The van der Waals surface area contributed by atoms with Crippen molar-refractivity contribution >= 4 is 34.9 Å². The van der Waals surface area contributed by atoms with Gasteiger partial charge in [0.05, 0.1) is 16.3 Å². The summed E-state index contributed by atoms with van der Waals surface area (Å²) < 4.78 is 63.0. The molecule has 7 nitrogen and oxygen atoms in total. The molecule has 1 aromatic heterocycles. The highest BCUT2D eigenvalue weighted by atomic mass is 35.5. The van der Waals surface area contributed by atoms with Gasteiger partial charge in [0.2, 0.25) is 0 Å². The van der Waals surface area contributed by atoms with Crippen molar-refractivity contribution in [2.24, 2.45) is 0 Å². The summed E-state index contributed by atoms with van der Waals surface area (Å²) in [5, 5.41) is 2.59. The first-order chi connectivity index (χ1) is 17.1. The van der Waals surface area contributed by atoms with E-state index in [2.05, 4.69) is 15.0 Å². The number of carbonyl (C=O) groups is 2. The van der Waals surface area contributed by atoms with E-state index in [4.69, 9.17) is 16.3 Å². The molecule has 0 saturated carbocycles. The van der Waals surface area contributed by atoms with Crippen LogP contribution in [0.4, 0.5) is 28.9 Å². The zero-order chi connectivity index (χ0) is 26.3. The van der Waals surface area contributed by atoms with Gasteiger partial charge in [0.25, 0.3) is 5.91 Å². The number of rotatable bonds is 9. The lowest BCUT2D eigenvalue weighted by molar-refractivity contribution is -0.189. The first-order valence-electron chi connectivity index (χ1n) is 10.6. The van der Waals surface area contributed by atoms with Crippen molar-refractivity contribution in [1.29, 1.82) is 0 Å². The van der Waals surface area contributed by atoms with Gasteiger partial charge in [0, 0.05) is 37.2 Å². The summed E-state index contributed by atoms with van der Waals surface area (Å²) in [4.78, 5) is 29.7. The van der Waals surface area contributed by atoms with Gasteiger partial charge in [-0.05, 0) is 37.3 Å². The molecule has 36 heavy (non-hydrogen) atoms. The van der Waals surface area contributed by atoms with E-state index in [1.165, 1.54) is 18.2 Å². The summed E-state index contributed by atoms with van der Waals surface area (Å²) in [7, 11) is 0. The number of hydrogen-bond acceptors (Lipinski definition) is 6. The number of esters is 1. The van der Waals surface area contributed by atoms with Gasteiger partial charge in [-0.15, -0.1) is 0 Å². The maximum Gasteiger partial charge on any atom is 0.491 e. The van der Waals surface area contributed by atoms with Crippen molar-refractivity contribution in [3.63, 3.8) is 0 Å². The van der Waals surface area contributed by atoms with Crippen molar-refractivity contribution in [1.82, 2.24) is 4.98 Å². The molecule has 1 heterocycles. The summed E-state index contributed by atoms with van der Waals surface area (Å²) in [5.41, 5.74) is 0.143. The van der Waals surface area contributed by atoms with Crippen LogP contribution < -0.4 is 19.7 Å². The molecule has 0 unspecified atom stereocenters. The van der Waals surface area contributed by atoms with Crippen molar-refractivity contribution in [2.75, 3.05) is 29.9 Å². The van der Waals surface area contributed by atoms with Crippen LogP contribution in [0.3, 0.4) is 0 Å². The Bertz CT molecular complexity index is 1230. The molecule has 0 fully saturated rings. The minimum atomic E-state index is -5.34. The van der Waals surface area contributed by atoms with Crippen LogP contribution in [0.25, 0.3) is 0 Å². The van der Waals surface area contributed by atoms with Crippen LogP contribution in [0.1, 0.15) is 17.3 Å². The van der Waals surface area contributed by atoms with E-state index in [-0.39, 0.29) is 24.6 Å². The Kier molecular flexibility index (Phi) is 8.70. The number of alkyl halides is 3. The van der Waals surface area contributed by atoms with Gasteiger partial charge in [-0.25, -0.2) is 9.18 Å². The molecule has 0 spiro atoms. The van der Waals surface area contributed by atoms with E-state index in [1.54, 1.807) is 31.5 Å². The minimum Gasteiger partial charge on any atom is -0.492 e. The fraction of sp³-hybridized carbons (Fsp3) is 0.208. The zero-order valence-corrected chi connectivity index (χ0v) is 19.6. The highest BCUT2D eigenvalue weighted by molar-refractivity contribution is 6.33. The first kappa shape index (κ1) is 26.7. The number of para-hydroxylation sites is 1. The van der Waals surface area contributed by atoms with Crippen LogP contribution in [-0.2, 0) is 4.79 Å². The summed E-state index contributed by atoms with van der Waals surface area (Å²) in [5.74, 6) is -5.04. The van der Waals surface area contributed by atoms with Gasteiger partial charge in [0.15, 0.2) is 5.75 Å². The molecule has 190 valence electrons. The van der Waals surface area contributed by atoms with Crippen LogP contribution in [0.2, 0.25) is 5.02 Å². The fourth-order valence-electron chi connectivity index (χ4n) is 3.14. The molecule has 0 aliphatic carbocycles. The van der Waals surface area contributed by atoms with E-state index in [0.717, 1.165) is 28.8 Å². The van der Waals surface area contributed by atoms with Gasteiger partial charge in [-0.2, -0.15) is 13.2 Å². The fourth-order valence-corrected chi connectivity index (χ4v) is 3.39.